The number of nitro benzene ring substituents is 1. The molecule has 3 rings (SSSR count). The molecule has 11 nitrogen and oxygen atoms in total. The lowest BCUT2D eigenvalue weighted by Crippen LogP contribution is -2.16. The molecule has 0 aliphatic heterocycles. The summed E-state index contributed by atoms with van der Waals surface area (Å²) in [6.45, 7) is 1.91. The lowest BCUT2D eigenvalue weighted by molar-refractivity contribution is -0.384. The summed E-state index contributed by atoms with van der Waals surface area (Å²) in [4.78, 5) is 33.9. The van der Waals surface area contributed by atoms with E-state index in [0.29, 0.717) is 34.6 Å². The van der Waals surface area contributed by atoms with E-state index in [1.54, 1.807) is 25.1 Å². The van der Waals surface area contributed by atoms with Gasteiger partial charge in [-0.1, -0.05) is 0 Å². The molecule has 11 heteroatoms. The van der Waals surface area contributed by atoms with Gasteiger partial charge < -0.3 is 18.6 Å². The zero-order valence-corrected chi connectivity index (χ0v) is 17.2. The number of nitrogens with zero attached hydrogens (tertiary/aromatic N) is 2. The molecule has 0 bridgehead atoms. The largest absolute Gasteiger partial charge is 0.490 e. The third kappa shape index (κ3) is 5.39. The van der Waals surface area contributed by atoms with Gasteiger partial charge in [0.25, 0.3) is 5.69 Å². The van der Waals surface area contributed by atoms with Crippen LogP contribution in [0.3, 0.4) is 0 Å². The number of furan rings is 1. The number of nitrogens with one attached hydrogen (secondary N) is 1. The van der Waals surface area contributed by atoms with Gasteiger partial charge in [0.1, 0.15) is 5.58 Å². The Hall–Kier alpha value is -4.41. The van der Waals surface area contributed by atoms with Crippen LogP contribution >= 0.6 is 0 Å². The third-order valence-corrected chi connectivity index (χ3v) is 4.16. The molecule has 166 valence electrons. The molecule has 1 N–H and O–H groups in total. The number of hydrogen-bond acceptors (Lipinski definition) is 9. The predicted molar refractivity (Wildman–Crippen MR) is 113 cm³/mol. The maximum Gasteiger partial charge on any atom is 0.343 e. The van der Waals surface area contributed by atoms with E-state index in [0.717, 1.165) is 0 Å². The Bertz CT molecular complexity index is 1190. The van der Waals surface area contributed by atoms with Gasteiger partial charge in [0.15, 0.2) is 23.9 Å². The molecular weight excluding hydrogens is 422 g/mol. The Balaban J connectivity index is 1.68. The Morgan fingerprint density at radius 3 is 2.69 bits per heavy atom. The molecule has 32 heavy (non-hydrogen) atoms. The number of fused-ring (bicyclic) bond motifs is 1. The van der Waals surface area contributed by atoms with E-state index in [9.17, 15) is 19.7 Å². The second-order valence-electron chi connectivity index (χ2n) is 6.29. The molecule has 1 amide bonds. The molecule has 0 saturated heterocycles. The van der Waals surface area contributed by atoms with Gasteiger partial charge in [0.2, 0.25) is 0 Å². The van der Waals surface area contributed by atoms with Crippen molar-refractivity contribution in [1.29, 1.82) is 0 Å². The molecule has 0 unspecified atom stereocenters. The number of rotatable bonds is 9. The number of nitro groups is 1. The van der Waals surface area contributed by atoms with E-state index in [2.05, 4.69) is 15.3 Å². The van der Waals surface area contributed by atoms with Crippen LogP contribution in [-0.4, -0.2) is 43.3 Å². The highest BCUT2D eigenvalue weighted by Gasteiger charge is 2.15. The zero-order valence-electron chi connectivity index (χ0n) is 17.2. The first-order valence-electron chi connectivity index (χ1n) is 9.39. The quantitative estimate of drug-likeness (QED) is 0.231. The number of amides is 1. The summed E-state index contributed by atoms with van der Waals surface area (Å²) in [5, 5.41) is 15.2. The summed E-state index contributed by atoms with van der Waals surface area (Å²) < 4.78 is 20.8. The fraction of sp³-hybridized carbons (Fsp3) is 0.190. The first kappa shape index (κ1) is 22.3. The van der Waals surface area contributed by atoms with Crippen LogP contribution in [0.5, 0.6) is 11.5 Å². The van der Waals surface area contributed by atoms with Gasteiger partial charge in [-0.15, -0.1) is 0 Å². The minimum Gasteiger partial charge on any atom is -0.490 e. The van der Waals surface area contributed by atoms with Crippen LogP contribution in [0, 0.1) is 10.1 Å². The minimum atomic E-state index is -0.622. The van der Waals surface area contributed by atoms with Crippen molar-refractivity contribution in [2.75, 3.05) is 20.3 Å². The maximum atomic E-state index is 12.3. The molecule has 0 fully saturated rings. The minimum absolute atomic E-state index is 0.0424. The molecule has 2 aromatic carbocycles. The van der Waals surface area contributed by atoms with Gasteiger partial charge in [-0.2, -0.15) is 5.10 Å². The molecule has 1 aromatic heterocycles. The molecule has 3 aromatic rings. The van der Waals surface area contributed by atoms with Gasteiger partial charge in [0.05, 0.1) is 24.9 Å². The Morgan fingerprint density at radius 2 is 1.97 bits per heavy atom. The fourth-order valence-corrected chi connectivity index (χ4v) is 2.66. The van der Waals surface area contributed by atoms with Crippen molar-refractivity contribution in [2.24, 2.45) is 5.10 Å². The maximum absolute atomic E-state index is 12.3. The van der Waals surface area contributed by atoms with E-state index in [1.807, 2.05) is 0 Å². The van der Waals surface area contributed by atoms with Gasteiger partial charge in [-0.25, -0.2) is 10.2 Å². The number of esters is 1. The topological polar surface area (TPSA) is 142 Å². The normalized spacial score (nSPS) is 10.8. The Labute approximate surface area is 181 Å². The molecule has 0 saturated carbocycles. The first-order valence-corrected chi connectivity index (χ1v) is 9.39. The van der Waals surface area contributed by atoms with Crippen molar-refractivity contribution in [3.05, 3.63) is 63.9 Å². The summed E-state index contributed by atoms with van der Waals surface area (Å²) in [5.74, 6) is -0.441. The molecular formula is C21H19N3O8. The number of ether oxygens (including phenoxy) is 3. The zero-order chi connectivity index (χ0) is 23.1. The summed E-state index contributed by atoms with van der Waals surface area (Å²) in [7, 11) is 1.26. The first-order chi connectivity index (χ1) is 15.4. The highest BCUT2D eigenvalue weighted by Crippen LogP contribution is 2.28. The number of hydrazone groups is 1. The lowest BCUT2D eigenvalue weighted by atomic mass is 10.2. The van der Waals surface area contributed by atoms with Crippen molar-refractivity contribution < 1.29 is 33.1 Å². The van der Waals surface area contributed by atoms with Crippen molar-refractivity contribution in [2.45, 2.75) is 6.92 Å². The second kappa shape index (κ2) is 10.1. The van der Waals surface area contributed by atoms with E-state index in [1.165, 1.54) is 37.6 Å². The molecule has 0 aliphatic rings. The van der Waals surface area contributed by atoms with Gasteiger partial charge in [0, 0.05) is 17.5 Å². The summed E-state index contributed by atoms with van der Waals surface area (Å²) >= 11 is 0. The average molecular weight is 441 g/mol. The highest BCUT2D eigenvalue weighted by atomic mass is 16.6. The summed E-state index contributed by atoms with van der Waals surface area (Å²) in [6, 6.07) is 10.3. The molecule has 0 radical (unpaired) electrons. The molecule has 0 atom stereocenters. The molecule has 0 aliphatic carbocycles. The van der Waals surface area contributed by atoms with Crippen molar-refractivity contribution in [1.82, 2.24) is 5.43 Å². The number of benzene rings is 2. The van der Waals surface area contributed by atoms with Crippen molar-refractivity contribution >= 4 is 34.7 Å². The van der Waals surface area contributed by atoms with E-state index >= 15 is 0 Å². The molecule has 1 heterocycles. The smallest absolute Gasteiger partial charge is 0.343 e. The Kier molecular flexibility index (Phi) is 7.01. The summed E-state index contributed by atoms with van der Waals surface area (Å²) in [6.07, 6.45) is 1.39. The van der Waals surface area contributed by atoms with E-state index in [4.69, 9.17) is 13.9 Å². The number of methoxy groups -OCH3 is 1. The third-order valence-electron chi connectivity index (χ3n) is 4.16. The van der Waals surface area contributed by atoms with Crippen LogP contribution in [-0.2, 0) is 9.53 Å². The number of non-ortho nitro benzene ring substituents is 1. The second-order valence-corrected chi connectivity index (χ2v) is 6.29. The average Bonchev–Trinajstić information content (AvgIpc) is 3.22. The van der Waals surface area contributed by atoms with E-state index in [-0.39, 0.29) is 18.1 Å². The van der Waals surface area contributed by atoms with Crippen LogP contribution in [0.15, 0.2) is 52.0 Å². The molecule has 0 spiro atoms. The fourth-order valence-electron chi connectivity index (χ4n) is 2.66. The highest BCUT2D eigenvalue weighted by molar-refractivity contribution is 5.97. The Morgan fingerprint density at radius 1 is 1.16 bits per heavy atom. The monoisotopic (exact) mass is 441 g/mol. The SMILES string of the molecule is CCOc1cc(/C=N/NC(=O)c2cc3cc([N+](=O)[O-])ccc3o2)ccc1OCC(=O)OC. The predicted octanol–water partition coefficient (Wildman–Crippen LogP) is 3.06. The van der Waals surface area contributed by atoms with Crippen LogP contribution in [0.1, 0.15) is 23.0 Å². The van der Waals surface area contributed by atoms with Crippen LogP contribution in [0.25, 0.3) is 11.0 Å². The van der Waals surface area contributed by atoms with Gasteiger partial charge in [-0.05, 0) is 42.8 Å². The lowest BCUT2D eigenvalue weighted by Gasteiger charge is -2.11. The summed E-state index contributed by atoms with van der Waals surface area (Å²) in [5.41, 5.74) is 3.16. The van der Waals surface area contributed by atoms with Crippen molar-refractivity contribution in [3.8, 4) is 11.5 Å². The standard InChI is InChI=1S/C21H19N3O8/c1-3-30-18-8-13(4-6-17(18)31-12-20(25)29-2)11-22-23-21(26)19-10-14-9-15(24(27)28)5-7-16(14)32-19/h4-11H,3,12H2,1-2H3,(H,23,26)/b22-11+. The van der Waals surface area contributed by atoms with Gasteiger partial charge >= 0.3 is 11.9 Å². The van der Waals surface area contributed by atoms with Gasteiger partial charge in [-0.3, -0.25) is 14.9 Å². The number of carbonyl (C=O) groups excluding carboxylic acids is 2. The van der Waals surface area contributed by atoms with Crippen molar-refractivity contribution in [3.63, 3.8) is 0 Å². The van der Waals surface area contributed by atoms with Crippen LogP contribution in [0.2, 0.25) is 0 Å². The van der Waals surface area contributed by atoms with E-state index < -0.39 is 16.8 Å². The number of carbonyl (C=O) groups is 2. The number of hydrogen-bond donors (Lipinski definition) is 1. The van der Waals surface area contributed by atoms with Crippen LogP contribution < -0.4 is 14.9 Å². The van der Waals surface area contributed by atoms with Crippen LogP contribution in [0.4, 0.5) is 5.69 Å².